The van der Waals surface area contributed by atoms with Crippen LogP contribution in [0.2, 0.25) is 0 Å². The molecule has 0 heteroatoms. The predicted molar refractivity (Wildman–Crippen MR) is 94.7 cm³/mol. The number of allylic oxidation sites excluding steroid dienone is 4. The summed E-state index contributed by atoms with van der Waals surface area (Å²) in [6.07, 6.45) is 18.8. The van der Waals surface area contributed by atoms with Crippen molar-refractivity contribution in [3.8, 4) is 0 Å². The minimum atomic E-state index is 0.884. The summed E-state index contributed by atoms with van der Waals surface area (Å²) in [7, 11) is 0. The van der Waals surface area contributed by atoms with Crippen LogP contribution in [0.25, 0.3) is 0 Å². The van der Waals surface area contributed by atoms with Crippen LogP contribution >= 0.6 is 0 Å². The smallest absolute Gasteiger partial charge is 0.0172 e. The van der Waals surface area contributed by atoms with Crippen molar-refractivity contribution in [2.75, 3.05) is 0 Å². The van der Waals surface area contributed by atoms with E-state index in [9.17, 15) is 0 Å². The molecule has 0 heterocycles. The Hall–Kier alpha value is -0.520. The highest BCUT2D eigenvalue weighted by molar-refractivity contribution is 5.26. The van der Waals surface area contributed by atoms with Gasteiger partial charge in [-0.1, -0.05) is 55.4 Å². The van der Waals surface area contributed by atoms with Crippen LogP contribution in [0.5, 0.6) is 0 Å². The molecule has 4 rings (SSSR count). The third-order valence-corrected chi connectivity index (χ3v) is 7.78. The second kappa shape index (κ2) is 6.17. The molecule has 4 aliphatic carbocycles. The van der Waals surface area contributed by atoms with E-state index in [-0.39, 0.29) is 0 Å². The zero-order valence-corrected chi connectivity index (χ0v) is 14.7. The van der Waals surface area contributed by atoms with Gasteiger partial charge < -0.3 is 0 Å². The molecule has 5 atom stereocenters. The zero-order valence-electron chi connectivity index (χ0n) is 14.7. The second-order valence-electron chi connectivity index (χ2n) is 8.78. The molecule has 0 aromatic carbocycles. The average molecular weight is 299 g/mol. The minimum Gasteiger partial charge on any atom is -0.0816 e. The van der Waals surface area contributed by atoms with Crippen molar-refractivity contribution in [2.45, 2.75) is 84.5 Å². The molecule has 0 aromatic heterocycles. The summed E-state index contributed by atoms with van der Waals surface area (Å²) in [5.41, 5.74) is 5.50. The van der Waals surface area contributed by atoms with Gasteiger partial charge in [-0.15, -0.1) is 0 Å². The number of rotatable bonds is 3. The van der Waals surface area contributed by atoms with Gasteiger partial charge in [-0.05, 0) is 81.5 Å². The fourth-order valence-corrected chi connectivity index (χ4v) is 6.38. The summed E-state index contributed by atoms with van der Waals surface area (Å²) in [5, 5.41) is 0. The summed E-state index contributed by atoms with van der Waals surface area (Å²) in [6.45, 7) is 5.00. The van der Waals surface area contributed by atoms with Crippen LogP contribution in [0.15, 0.2) is 22.8 Å². The van der Waals surface area contributed by atoms with Crippen LogP contribution in [0.1, 0.15) is 84.5 Å². The summed E-state index contributed by atoms with van der Waals surface area (Å²) in [6, 6.07) is 0. The van der Waals surface area contributed by atoms with Crippen LogP contribution in [0.4, 0.5) is 0 Å². The first-order valence-corrected chi connectivity index (χ1v) is 10.1. The molecule has 0 aromatic rings. The van der Waals surface area contributed by atoms with Crippen molar-refractivity contribution in [3.05, 3.63) is 22.8 Å². The molecule has 0 aliphatic heterocycles. The molecule has 5 unspecified atom stereocenters. The highest BCUT2D eigenvalue weighted by Gasteiger charge is 2.37. The fraction of sp³-hybridized carbons (Fsp3) is 0.818. The summed E-state index contributed by atoms with van der Waals surface area (Å²) in [5.74, 6) is 4.84. The van der Waals surface area contributed by atoms with Crippen molar-refractivity contribution in [1.82, 2.24) is 0 Å². The van der Waals surface area contributed by atoms with Gasteiger partial charge in [0, 0.05) is 0 Å². The molecule has 4 aliphatic rings. The Morgan fingerprint density at radius 3 is 2.55 bits per heavy atom. The maximum Gasteiger partial charge on any atom is -0.0172 e. The highest BCUT2D eigenvalue weighted by Crippen LogP contribution is 2.49. The molecule has 0 radical (unpaired) electrons. The van der Waals surface area contributed by atoms with Gasteiger partial charge in [-0.3, -0.25) is 0 Å². The Kier molecular flexibility index (Phi) is 4.22. The van der Waals surface area contributed by atoms with Gasteiger partial charge in [0.05, 0.1) is 0 Å². The maximum atomic E-state index is 2.71. The van der Waals surface area contributed by atoms with Gasteiger partial charge in [0.25, 0.3) is 0 Å². The van der Waals surface area contributed by atoms with E-state index in [4.69, 9.17) is 0 Å². The van der Waals surface area contributed by atoms with E-state index in [1.54, 1.807) is 0 Å². The first-order chi connectivity index (χ1) is 10.7. The molecule has 0 nitrogen and oxygen atoms in total. The van der Waals surface area contributed by atoms with Crippen molar-refractivity contribution in [3.63, 3.8) is 0 Å². The summed E-state index contributed by atoms with van der Waals surface area (Å²) >= 11 is 0. The quantitative estimate of drug-likeness (QED) is 0.510. The SMILES string of the molecule is CC1=C(CCC2=CC3CCCCC3C2C)CC2CCCCC12. The molecule has 122 valence electrons. The van der Waals surface area contributed by atoms with Crippen LogP contribution in [0.3, 0.4) is 0 Å². The Labute approximate surface area is 137 Å². The normalized spacial score (nSPS) is 41.4. The molecule has 0 saturated heterocycles. The second-order valence-corrected chi connectivity index (χ2v) is 8.78. The Morgan fingerprint density at radius 1 is 0.955 bits per heavy atom. The topological polar surface area (TPSA) is 0 Å². The van der Waals surface area contributed by atoms with Crippen molar-refractivity contribution in [2.24, 2.45) is 29.6 Å². The lowest BCUT2D eigenvalue weighted by atomic mass is 9.77. The van der Waals surface area contributed by atoms with Crippen molar-refractivity contribution in [1.29, 1.82) is 0 Å². The van der Waals surface area contributed by atoms with E-state index < -0.39 is 0 Å². The zero-order chi connectivity index (χ0) is 15.1. The van der Waals surface area contributed by atoms with E-state index in [1.165, 1.54) is 70.6 Å². The molecule has 0 spiro atoms. The van der Waals surface area contributed by atoms with Gasteiger partial charge in [0.2, 0.25) is 0 Å². The van der Waals surface area contributed by atoms with Crippen LogP contribution in [0, 0.1) is 29.6 Å². The van der Waals surface area contributed by atoms with E-state index in [0.29, 0.717) is 0 Å². The van der Waals surface area contributed by atoms with E-state index in [0.717, 1.165) is 29.6 Å². The monoisotopic (exact) mass is 298 g/mol. The number of fused-ring (bicyclic) bond motifs is 2. The van der Waals surface area contributed by atoms with E-state index >= 15 is 0 Å². The maximum absolute atomic E-state index is 2.71. The van der Waals surface area contributed by atoms with E-state index in [1.807, 2.05) is 16.7 Å². The molecule has 0 N–H and O–H groups in total. The van der Waals surface area contributed by atoms with Gasteiger partial charge in [0.1, 0.15) is 0 Å². The first kappa shape index (κ1) is 15.0. The summed E-state index contributed by atoms with van der Waals surface area (Å²) in [4.78, 5) is 0. The third-order valence-electron chi connectivity index (χ3n) is 7.78. The molecule has 2 saturated carbocycles. The Balaban J connectivity index is 1.39. The lowest BCUT2D eigenvalue weighted by Gasteiger charge is -2.28. The molecule has 2 fully saturated rings. The molecule has 0 bridgehead atoms. The first-order valence-electron chi connectivity index (χ1n) is 10.1. The lowest BCUT2D eigenvalue weighted by molar-refractivity contribution is 0.252. The molecular weight excluding hydrogens is 264 g/mol. The lowest BCUT2D eigenvalue weighted by Crippen LogP contribution is -2.19. The minimum absolute atomic E-state index is 0.884. The van der Waals surface area contributed by atoms with Gasteiger partial charge in [-0.2, -0.15) is 0 Å². The van der Waals surface area contributed by atoms with Crippen LogP contribution in [-0.4, -0.2) is 0 Å². The standard InChI is InChI=1S/C22H34/c1-15-17(13-19-7-3-5-9-21(15)19)11-12-18-14-20-8-4-6-10-22(20)16(18)2/h13,15,19-22H,3-12,14H2,1-2H3. The Morgan fingerprint density at radius 2 is 1.73 bits per heavy atom. The van der Waals surface area contributed by atoms with Gasteiger partial charge >= 0.3 is 0 Å². The van der Waals surface area contributed by atoms with Crippen LogP contribution in [-0.2, 0) is 0 Å². The van der Waals surface area contributed by atoms with Crippen molar-refractivity contribution >= 4 is 0 Å². The van der Waals surface area contributed by atoms with Crippen molar-refractivity contribution < 1.29 is 0 Å². The number of hydrogen-bond donors (Lipinski definition) is 0. The Bertz CT molecular complexity index is 480. The molecule has 0 amide bonds. The number of hydrogen-bond acceptors (Lipinski definition) is 0. The van der Waals surface area contributed by atoms with Gasteiger partial charge in [0.15, 0.2) is 0 Å². The van der Waals surface area contributed by atoms with Crippen LogP contribution < -0.4 is 0 Å². The molecular formula is C22H34. The predicted octanol–water partition coefficient (Wildman–Crippen LogP) is 6.68. The van der Waals surface area contributed by atoms with E-state index in [2.05, 4.69) is 19.9 Å². The largest absolute Gasteiger partial charge is 0.0816 e. The fourth-order valence-electron chi connectivity index (χ4n) is 6.38. The average Bonchev–Trinajstić information content (AvgIpc) is 3.04. The molecule has 22 heavy (non-hydrogen) atoms. The third kappa shape index (κ3) is 2.61. The summed E-state index contributed by atoms with van der Waals surface area (Å²) < 4.78 is 0. The van der Waals surface area contributed by atoms with Gasteiger partial charge in [-0.25, -0.2) is 0 Å². The highest BCUT2D eigenvalue weighted by atomic mass is 14.4.